The lowest BCUT2D eigenvalue weighted by Gasteiger charge is -2.20. The van der Waals surface area contributed by atoms with E-state index in [4.69, 9.17) is 9.72 Å². The van der Waals surface area contributed by atoms with Gasteiger partial charge in [0.15, 0.2) is 0 Å². The van der Waals surface area contributed by atoms with E-state index in [2.05, 4.69) is 23.6 Å². The smallest absolute Gasteiger partial charge is 0.339 e. The third kappa shape index (κ3) is 6.14. The van der Waals surface area contributed by atoms with Crippen LogP contribution in [-0.2, 0) is 24.1 Å². The van der Waals surface area contributed by atoms with Crippen LogP contribution < -0.4 is 0 Å². The summed E-state index contributed by atoms with van der Waals surface area (Å²) in [5.41, 5.74) is 4.63. The molecule has 2 heterocycles. The van der Waals surface area contributed by atoms with Gasteiger partial charge in [0.2, 0.25) is 0 Å². The number of nitrogens with zero attached hydrogens (tertiary/aromatic N) is 3. The van der Waals surface area contributed by atoms with Gasteiger partial charge in [-0.3, -0.25) is 14.5 Å². The van der Waals surface area contributed by atoms with Gasteiger partial charge in [-0.1, -0.05) is 61.5 Å². The van der Waals surface area contributed by atoms with Crippen molar-refractivity contribution in [2.45, 2.75) is 59.1 Å². The number of hydrogen-bond acceptors (Lipinski definition) is 5. The van der Waals surface area contributed by atoms with Gasteiger partial charge in [-0.25, -0.2) is 9.78 Å². The molecule has 0 bridgehead atoms. The molecule has 2 amide bonds. The van der Waals surface area contributed by atoms with Gasteiger partial charge in [0, 0.05) is 32.1 Å². The van der Waals surface area contributed by atoms with Gasteiger partial charge in [-0.15, -0.1) is 0 Å². The Kier molecular flexibility index (Phi) is 7.88. The van der Waals surface area contributed by atoms with E-state index < -0.39 is 5.60 Å². The number of rotatable bonds is 9. The van der Waals surface area contributed by atoms with Crippen LogP contribution in [0.15, 0.2) is 79.0 Å². The van der Waals surface area contributed by atoms with Crippen molar-refractivity contribution in [3.8, 4) is 11.1 Å². The highest BCUT2D eigenvalue weighted by Crippen LogP contribution is 2.27. The van der Waals surface area contributed by atoms with Crippen LogP contribution in [0.25, 0.3) is 11.1 Å². The monoisotopic (exact) mass is 549 g/mol. The minimum Gasteiger partial charge on any atom is -0.456 e. The molecule has 0 N–H and O–H groups in total. The Bertz CT molecular complexity index is 1560. The first kappa shape index (κ1) is 28.0. The molecule has 0 aliphatic carbocycles. The second-order valence-corrected chi connectivity index (χ2v) is 11.3. The highest BCUT2D eigenvalue weighted by molar-refractivity contribution is 6.21. The van der Waals surface area contributed by atoms with E-state index in [0.29, 0.717) is 36.2 Å². The standard InChI is InChI=1S/C34H35N3O4/c1-5-10-30-35-25(19-20-37-31(38)27-12-7-8-13-28(27)32(37)39)22-36(30)21-23-15-17-24(18-16-23)26-11-6-9-14-29(26)33(40)41-34(2,3)4/h6-9,11-18,22H,5,10,19-21H2,1-4H3. The van der Waals surface area contributed by atoms with Crippen LogP contribution in [0.1, 0.15) is 82.3 Å². The van der Waals surface area contributed by atoms with E-state index >= 15 is 0 Å². The number of aryl methyl sites for hydroxylation is 1. The summed E-state index contributed by atoms with van der Waals surface area (Å²) in [6, 6.07) is 22.6. The van der Waals surface area contributed by atoms with Crippen molar-refractivity contribution in [1.82, 2.24) is 14.5 Å². The molecule has 210 valence electrons. The molecule has 0 unspecified atom stereocenters. The van der Waals surface area contributed by atoms with Crippen LogP contribution >= 0.6 is 0 Å². The Labute approximate surface area is 240 Å². The summed E-state index contributed by atoms with van der Waals surface area (Å²) in [5.74, 6) is 0.150. The highest BCUT2D eigenvalue weighted by atomic mass is 16.6. The maximum Gasteiger partial charge on any atom is 0.339 e. The largest absolute Gasteiger partial charge is 0.456 e. The van der Waals surface area contributed by atoms with Gasteiger partial charge < -0.3 is 9.30 Å². The lowest BCUT2D eigenvalue weighted by atomic mass is 9.98. The fourth-order valence-electron chi connectivity index (χ4n) is 5.09. The lowest BCUT2D eigenvalue weighted by molar-refractivity contribution is 0.00701. The lowest BCUT2D eigenvalue weighted by Crippen LogP contribution is -2.31. The van der Waals surface area contributed by atoms with Crippen LogP contribution in [-0.4, -0.2) is 44.4 Å². The van der Waals surface area contributed by atoms with Gasteiger partial charge >= 0.3 is 5.97 Å². The van der Waals surface area contributed by atoms with Crippen LogP contribution in [0.3, 0.4) is 0 Å². The Morgan fingerprint density at radius 2 is 1.44 bits per heavy atom. The molecule has 0 spiro atoms. The van der Waals surface area contributed by atoms with Crippen molar-refractivity contribution in [3.05, 3.63) is 113 Å². The number of ether oxygens (including phenoxy) is 1. The van der Waals surface area contributed by atoms with E-state index in [1.54, 1.807) is 30.3 Å². The van der Waals surface area contributed by atoms with E-state index in [1.807, 2.05) is 57.3 Å². The zero-order chi connectivity index (χ0) is 29.1. The number of imidazole rings is 1. The normalized spacial score (nSPS) is 13.0. The Morgan fingerprint density at radius 1 is 0.829 bits per heavy atom. The zero-order valence-corrected chi connectivity index (χ0v) is 24.0. The number of imide groups is 1. The maximum atomic E-state index is 12.8. The Hall–Kier alpha value is -4.52. The summed E-state index contributed by atoms with van der Waals surface area (Å²) in [7, 11) is 0. The van der Waals surface area contributed by atoms with Crippen molar-refractivity contribution in [3.63, 3.8) is 0 Å². The van der Waals surface area contributed by atoms with E-state index in [9.17, 15) is 14.4 Å². The summed E-state index contributed by atoms with van der Waals surface area (Å²) in [5, 5.41) is 0. The summed E-state index contributed by atoms with van der Waals surface area (Å²) in [6.45, 7) is 8.64. The third-order valence-electron chi connectivity index (χ3n) is 7.02. The van der Waals surface area contributed by atoms with E-state index in [-0.39, 0.29) is 17.8 Å². The molecule has 0 atom stereocenters. The maximum absolute atomic E-state index is 12.8. The summed E-state index contributed by atoms with van der Waals surface area (Å²) in [6.07, 6.45) is 4.30. The van der Waals surface area contributed by atoms with Crippen molar-refractivity contribution >= 4 is 17.8 Å². The number of benzene rings is 3. The summed E-state index contributed by atoms with van der Waals surface area (Å²) < 4.78 is 7.76. The fraction of sp³-hybridized carbons (Fsp3) is 0.294. The van der Waals surface area contributed by atoms with Crippen molar-refractivity contribution in [2.24, 2.45) is 0 Å². The number of fused-ring (bicyclic) bond motifs is 1. The van der Waals surface area contributed by atoms with Crippen molar-refractivity contribution in [2.75, 3.05) is 6.54 Å². The fourth-order valence-corrected chi connectivity index (χ4v) is 5.09. The Morgan fingerprint density at radius 3 is 2.05 bits per heavy atom. The first-order chi connectivity index (χ1) is 19.6. The van der Waals surface area contributed by atoms with Gasteiger partial charge in [-0.05, 0) is 62.1 Å². The number of hydrogen-bond donors (Lipinski definition) is 0. The molecular weight excluding hydrogens is 514 g/mol. The average Bonchev–Trinajstić information content (AvgIpc) is 3.44. The van der Waals surface area contributed by atoms with Gasteiger partial charge in [0.25, 0.3) is 11.8 Å². The predicted octanol–water partition coefficient (Wildman–Crippen LogP) is 6.34. The number of carbonyl (C=O) groups excluding carboxylic acids is 3. The van der Waals surface area contributed by atoms with Gasteiger partial charge in [0.05, 0.1) is 22.4 Å². The first-order valence-corrected chi connectivity index (χ1v) is 14.1. The molecule has 0 fully saturated rings. The molecule has 1 aliphatic rings. The van der Waals surface area contributed by atoms with Crippen molar-refractivity contribution < 1.29 is 19.1 Å². The SMILES string of the molecule is CCCc1nc(CCN2C(=O)c3ccccc3C2=O)cn1Cc1ccc(-c2ccccc2C(=O)OC(C)(C)C)cc1. The molecular formula is C34H35N3O4. The molecule has 0 saturated heterocycles. The quantitative estimate of drug-likeness (QED) is 0.180. The van der Waals surface area contributed by atoms with Crippen LogP contribution in [0.4, 0.5) is 0 Å². The molecule has 4 aromatic rings. The van der Waals surface area contributed by atoms with E-state index in [0.717, 1.165) is 41.1 Å². The summed E-state index contributed by atoms with van der Waals surface area (Å²) >= 11 is 0. The number of aromatic nitrogens is 2. The van der Waals surface area contributed by atoms with Gasteiger partial charge in [0.1, 0.15) is 11.4 Å². The van der Waals surface area contributed by atoms with Gasteiger partial charge in [-0.2, -0.15) is 0 Å². The minimum atomic E-state index is -0.571. The highest BCUT2D eigenvalue weighted by Gasteiger charge is 2.34. The predicted molar refractivity (Wildman–Crippen MR) is 158 cm³/mol. The number of amides is 2. The van der Waals surface area contributed by atoms with Crippen LogP contribution in [0, 0.1) is 0 Å². The molecule has 7 heteroatoms. The molecule has 41 heavy (non-hydrogen) atoms. The second-order valence-electron chi connectivity index (χ2n) is 11.3. The first-order valence-electron chi connectivity index (χ1n) is 14.1. The second kappa shape index (κ2) is 11.5. The Balaban J connectivity index is 1.30. The van der Waals surface area contributed by atoms with Crippen LogP contribution in [0.5, 0.6) is 0 Å². The molecule has 1 aromatic heterocycles. The van der Waals surface area contributed by atoms with Crippen molar-refractivity contribution in [1.29, 1.82) is 0 Å². The zero-order valence-electron chi connectivity index (χ0n) is 24.0. The molecule has 5 rings (SSSR count). The minimum absolute atomic E-state index is 0.243. The van der Waals surface area contributed by atoms with E-state index in [1.165, 1.54) is 4.90 Å². The number of esters is 1. The summed E-state index contributed by atoms with van der Waals surface area (Å²) in [4.78, 5) is 44.5. The molecule has 3 aromatic carbocycles. The number of carbonyl (C=O) groups is 3. The molecule has 7 nitrogen and oxygen atoms in total. The van der Waals surface area contributed by atoms with Crippen LogP contribution in [0.2, 0.25) is 0 Å². The molecule has 1 aliphatic heterocycles. The third-order valence-corrected chi connectivity index (χ3v) is 7.02. The molecule has 0 radical (unpaired) electrons. The average molecular weight is 550 g/mol. The molecule has 0 saturated carbocycles. The topological polar surface area (TPSA) is 81.5 Å².